The van der Waals surface area contributed by atoms with E-state index in [2.05, 4.69) is 31.2 Å². The topological polar surface area (TPSA) is 93.4 Å². The number of carbonyl (C=O) groups is 2. The number of rotatable bonds is 5. The maximum Gasteiger partial charge on any atom is 0.339 e. The Balaban J connectivity index is 2.25. The van der Waals surface area contributed by atoms with Crippen molar-refractivity contribution in [2.75, 3.05) is 7.11 Å². The molecule has 1 aromatic carbocycles. The molecule has 0 saturated carbocycles. The number of aromatic carboxylic acids is 1. The van der Waals surface area contributed by atoms with Crippen LogP contribution in [-0.2, 0) is 19.0 Å². The van der Waals surface area contributed by atoms with Crippen LogP contribution in [0, 0.1) is 0 Å². The zero-order chi connectivity index (χ0) is 18.8. The zero-order valence-electron chi connectivity index (χ0n) is 15.1. The van der Waals surface area contributed by atoms with Crippen molar-refractivity contribution in [2.24, 2.45) is 7.05 Å². The number of methoxy groups -OCH3 is 1. The Morgan fingerprint density at radius 2 is 2.00 bits per heavy atom. The molecule has 7 nitrogen and oxygen atoms in total. The summed E-state index contributed by atoms with van der Waals surface area (Å²) < 4.78 is 6.61. The predicted molar refractivity (Wildman–Crippen MR) is 93.0 cm³/mol. The molecule has 0 spiro atoms. The monoisotopic (exact) mass is 345 g/mol. The van der Waals surface area contributed by atoms with E-state index in [1.807, 2.05) is 18.2 Å². The number of hydrogen-bond donors (Lipinski definition) is 2. The van der Waals surface area contributed by atoms with Crippen molar-refractivity contribution in [3.05, 3.63) is 46.8 Å². The van der Waals surface area contributed by atoms with Gasteiger partial charge in [-0.25, -0.2) is 4.79 Å². The lowest BCUT2D eigenvalue weighted by molar-refractivity contribution is 0.0690. The Labute approximate surface area is 146 Å². The van der Waals surface area contributed by atoms with E-state index in [0.29, 0.717) is 5.75 Å². The number of carboxylic acids is 1. The van der Waals surface area contributed by atoms with Gasteiger partial charge < -0.3 is 15.2 Å². The molecule has 2 rings (SSSR count). The van der Waals surface area contributed by atoms with Crippen molar-refractivity contribution >= 4 is 11.9 Å². The average Bonchev–Trinajstić information content (AvgIpc) is 2.93. The molecule has 0 radical (unpaired) electrons. The van der Waals surface area contributed by atoms with Gasteiger partial charge in [0.15, 0.2) is 0 Å². The molecule has 7 heteroatoms. The second-order valence-corrected chi connectivity index (χ2v) is 6.79. The molecule has 0 aliphatic rings. The Hall–Kier alpha value is -2.83. The van der Waals surface area contributed by atoms with Crippen LogP contribution in [0.2, 0.25) is 0 Å². The number of carbonyl (C=O) groups excluding carboxylic acids is 1. The molecular formula is C18H23N3O4. The highest BCUT2D eigenvalue weighted by atomic mass is 16.5. The number of hydrogen-bond acceptors (Lipinski definition) is 4. The molecule has 0 fully saturated rings. The standard InChI is InChI=1S/C18H23N3O4/c1-18(2,3)12-6-7-14(25-5)11(8-12)9-19-16(22)15-13(17(23)24)10-20-21(15)4/h6-8,10H,9H2,1-5H3,(H,19,22)(H,23,24). The van der Waals surface area contributed by atoms with Crippen LogP contribution in [0.15, 0.2) is 24.4 Å². The third-order valence-electron chi connectivity index (χ3n) is 3.97. The lowest BCUT2D eigenvalue weighted by Gasteiger charge is -2.21. The molecule has 0 aliphatic heterocycles. The second-order valence-electron chi connectivity index (χ2n) is 6.79. The summed E-state index contributed by atoms with van der Waals surface area (Å²) in [5, 5.41) is 15.8. The van der Waals surface area contributed by atoms with Gasteiger partial charge in [-0.2, -0.15) is 5.10 Å². The van der Waals surface area contributed by atoms with E-state index in [-0.39, 0.29) is 23.2 Å². The Morgan fingerprint density at radius 1 is 1.32 bits per heavy atom. The van der Waals surface area contributed by atoms with Gasteiger partial charge >= 0.3 is 5.97 Å². The molecule has 0 atom stereocenters. The maximum atomic E-state index is 12.4. The molecule has 2 aromatic rings. The largest absolute Gasteiger partial charge is 0.496 e. The van der Waals surface area contributed by atoms with E-state index in [9.17, 15) is 9.59 Å². The summed E-state index contributed by atoms with van der Waals surface area (Å²) in [7, 11) is 3.10. The van der Waals surface area contributed by atoms with Gasteiger partial charge in [0.05, 0.1) is 13.3 Å². The molecule has 25 heavy (non-hydrogen) atoms. The van der Waals surface area contributed by atoms with Crippen molar-refractivity contribution in [1.82, 2.24) is 15.1 Å². The summed E-state index contributed by atoms with van der Waals surface area (Å²) in [6.45, 7) is 6.53. The molecular weight excluding hydrogens is 322 g/mol. The number of nitrogens with one attached hydrogen (secondary N) is 1. The second kappa shape index (κ2) is 6.96. The van der Waals surface area contributed by atoms with Gasteiger partial charge in [-0.3, -0.25) is 9.48 Å². The van der Waals surface area contributed by atoms with E-state index >= 15 is 0 Å². The molecule has 1 aromatic heterocycles. The summed E-state index contributed by atoms with van der Waals surface area (Å²) in [5.41, 5.74) is 1.78. The van der Waals surface area contributed by atoms with Crippen LogP contribution in [0.1, 0.15) is 52.7 Å². The van der Waals surface area contributed by atoms with Crippen molar-refractivity contribution in [3.8, 4) is 5.75 Å². The summed E-state index contributed by atoms with van der Waals surface area (Å²) >= 11 is 0. The first kappa shape index (κ1) is 18.5. The normalized spacial score (nSPS) is 11.2. The third kappa shape index (κ3) is 3.99. The number of carboxylic acid groups (broad SMARTS) is 1. The van der Waals surface area contributed by atoms with Crippen molar-refractivity contribution < 1.29 is 19.4 Å². The van der Waals surface area contributed by atoms with Gasteiger partial charge in [0.1, 0.15) is 17.0 Å². The van der Waals surface area contributed by atoms with Crippen LogP contribution >= 0.6 is 0 Å². The van der Waals surface area contributed by atoms with Gasteiger partial charge in [0, 0.05) is 19.2 Å². The van der Waals surface area contributed by atoms with Crippen LogP contribution in [0.5, 0.6) is 5.75 Å². The van der Waals surface area contributed by atoms with Gasteiger partial charge in [-0.15, -0.1) is 0 Å². The van der Waals surface area contributed by atoms with Crippen molar-refractivity contribution in [1.29, 1.82) is 0 Å². The minimum atomic E-state index is -1.19. The van der Waals surface area contributed by atoms with Gasteiger partial charge in [0.2, 0.25) is 0 Å². The predicted octanol–water partition coefficient (Wildman–Crippen LogP) is 2.35. The van der Waals surface area contributed by atoms with Crippen LogP contribution in [0.4, 0.5) is 0 Å². The molecule has 1 heterocycles. The van der Waals surface area contributed by atoms with Crippen molar-refractivity contribution in [3.63, 3.8) is 0 Å². The van der Waals surface area contributed by atoms with Gasteiger partial charge in [0.25, 0.3) is 5.91 Å². The smallest absolute Gasteiger partial charge is 0.339 e. The Kier molecular flexibility index (Phi) is 5.15. The van der Waals surface area contributed by atoms with Crippen LogP contribution in [0.3, 0.4) is 0 Å². The van der Waals surface area contributed by atoms with Crippen LogP contribution < -0.4 is 10.1 Å². The molecule has 0 aliphatic carbocycles. The lowest BCUT2D eigenvalue weighted by Crippen LogP contribution is -2.27. The quantitative estimate of drug-likeness (QED) is 0.868. The number of benzene rings is 1. The van der Waals surface area contributed by atoms with E-state index in [1.165, 1.54) is 11.7 Å². The molecule has 0 unspecified atom stereocenters. The SMILES string of the molecule is COc1ccc(C(C)(C)C)cc1CNC(=O)c1c(C(=O)O)cnn1C. The first-order valence-corrected chi connectivity index (χ1v) is 7.86. The maximum absolute atomic E-state index is 12.4. The number of aromatic nitrogens is 2. The summed E-state index contributed by atoms with van der Waals surface area (Å²) in [5.74, 6) is -1.03. The lowest BCUT2D eigenvalue weighted by atomic mass is 9.86. The average molecular weight is 345 g/mol. The first-order valence-electron chi connectivity index (χ1n) is 7.86. The molecule has 2 N–H and O–H groups in total. The number of amides is 1. The number of nitrogens with zero attached hydrogens (tertiary/aromatic N) is 2. The Bertz CT molecular complexity index is 803. The minimum absolute atomic E-state index is 0.0124. The highest BCUT2D eigenvalue weighted by Gasteiger charge is 2.22. The van der Waals surface area contributed by atoms with Crippen LogP contribution in [-0.4, -0.2) is 33.9 Å². The summed E-state index contributed by atoms with van der Waals surface area (Å²) in [6, 6.07) is 5.85. The number of aryl methyl sites for hydroxylation is 1. The van der Waals surface area contributed by atoms with E-state index in [1.54, 1.807) is 7.11 Å². The van der Waals surface area contributed by atoms with Crippen molar-refractivity contribution in [2.45, 2.75) is 32.7 Å². The fourth-order valence-corrected chi connectivity index (χ4v) is 2.51. The Morgan fingerprint density at radius 3 is 2.56 bits per heavy atom. The summed E-state index contributed by atoms with van der Waals surface area (Å²) in [4.78, 5) is 23.6. The molecule has 134 valence electrons. The fourth-order valence-electron chi connectivity index (χ4n) is 2.51. The third-order valence-corrected chi connectivity index (χ3v) is 3.97. The minimum Gasteiger partial charge on any atom is -0.496 e. The summed E-state index contributed by atoms with van der Waals surface area (Å²) in [6.07, 6.45) is 1.16. The number of ether oxygens (including phenoxy) is 1. The molecule has 0 saturated heterocycles. The molecule has 0 bridgehead atoms. The fraction of sp³-hybridized carbons (Fsp3) is 0.389. The molecule has 1 amide bonds. The van der Waals surface area contributed by atoms with E-state index in [4.69, 9.17) is 9.84 Å². The van der Waals surface area contributed by atoms with E-state index in [0.717, 1.165) is 17.3 Å². The first-order chi connectivity index (χ1) is 11.6. The zero-order valence-corrected chi connectivity index (χ0v) is 15.1. The highest BCUT2D eigenvalue weighted by molar-refractivity contribution is 6.03. The van der Waals surface area contributed by atoms with Gasteiger partial charge in [-0.1, -0.05) is 26.8 Å². The van der Waals surface area contributed by atoms with Gasteiger partial charge in [-0.05, 0) is 23.1 Å². The van der Waals surface area contributed by atoms with E-state index < -0.39 is 11.9 Å². The highest BCUT2D eigenvalue weighted by Crippen LogP contribution is 2.28. The van der Waals surface area contributed by atoms with Crippen LogP contribution in [0.25, 0.3) is 0 Å².